The number of aldehydes is 1. The van der Waals surface area contributed by atoms with Crippen LogP contribution in [-0.2, 0) is 4.79 Å². The molecule has 108 valence electrons. The van der Waals surface area contributed by atoms with Crippen molar-refractivity contribution in [2.75, 3.05) is 18.1 Å². The summed E-state index contributed by atoms with van der Waals surface area (Å²) in [5, 5.41) is 0. The number of benzene rings is 1. The smallest absolute Gasteiger partial charge is 0.267 e. The first-order valence-electron chi connectivity index (χ1n) is 6.86. The Morgan fingerprint density at radius 2 is 2.15 bits per heavy atom. The quantitative estimate of drug-likeness (QED) is 0.776. The van der Waals surface area contributed by atoms with Crippen molar-refractivity contribution in [1.29, 1.82) is 0 Å². The minimum absolute atomic E-state index is 0.107. The van der Waals surface area contributed by atoms with Crippen molar-refractivity contribution < 1.29 is 19.1 Å². The molecule has 5 heteroatoms. The largest absolute Gasteiger partial charge is 0.490 e. The van der Waals surface area contributed by atoms with Gasteiger partial charge in [0.15, 0.2) is 17.6 Å². The van der Waals surface area contributed by atoms with Gasteiger partial charge in [-0.1, -0.05) is 6.92 Å². The fourth-order valence-corrected chi connectivity index (χ4v) is 2.21. The third-order valence-corrected chi connectivity index (χ3v) is 3.17. The van der Waals surface area contributed by atoms with Crippen LogP contribution in [0.2, 0.25) is 0 Å². The molecule has 0 spiro atoms. The summed E-state index contributed by atoms with van der Waals surface area (Å²) in [5.41, 5.74) is 1.07. The molecule has 0 fully saturated rings. The minimum atomic E-state index is -0.548. The topological polar surface area (TPSA) is 55.8 Å². The summed E-state index contributed by atoms with van der Waals surface area (Å²) in [6.45, 7) is 6.66. The Morgan fingerprint density at radius 1 is 1.40 bits per heavy atom. The molecule has 1 unspecified atom stereocenters. The van der Waals surface area contributed by atoms with E-state index in [-0.39, 0.29) is 5.91 Å². The highest BCUT2D eigenvalue weighted by molar-refractivity contribution is 6.01. The second kappa shape index (κ2) is 5.94. The highest BCUT2D eigenvalue weighted by Crippen LogP contribution is 2.42. The maximum Gasteiger partial charge on any atom is 0.267 e. The van der Waals surface area contributed by atoms with E-state index in [9.17, 15) is 9.59 Å². The molecule has 0 aromatic heterocycles. The van der Waals surface area contributed by atoms with Crippen molar-refractivity contribution in [2.24, 2.45) is 0 Å². The zero-order valence-corrected chi connectivity index (χ0v) is 12.0. The second-order valence-electron chi connectivity index (χ2n) is 4.68. The van der Waals surface area contributed by atoms with Crippen LogP contribution in [0, 0.1) is 0 Å². The predicted octanol–water partition coefficient (Wildman–Crippen LogP) is 2.42. The van der Waals surface area contributed by atoms with Gasteiger partial charge >= 0.3 is 0 Å². The molecule has 20 heavy (non-hydrogen) atoms. The monoisotopic (exact) mass is 277 g/mol. The molecule has 0 N–H and O–H groups in total. The van der Waals surface area contributed by atoms with Gasteiger partial charge in [-0.05, 0) is 32.4 Å². The van der Waals surface area contributed by atoms with Crippen molar-refractivity contribution in [2.45, 2.75) is 33.3 Å². The van der Waals surface area contributed by atoms with Crippen molar-refractivity contribution in [1.82, 2.24) is 0 Å². The van der Waals surface area contributed by atoms with Crippen LogP contribution in [0.25, 0.3) is 0 Å². The maximum absolute atomic E-state index is 12.1. The van der Waals surface area contributed by atoms with Crippen LogP contribution in [0.4, 0.5) is 5.69 Å². The van der Waals surface area contributed by atoms with Gasteiger partial charge in [0.1, 0.15) is 6.29 Å². The third kappa shape index (κ3) is 2.48. The molecule has 0 saturated carbocycles. The van der Waals surface area contributed by atoms with Gasteiger partial charge < -0.3 is 14.4 Å². The van der Waals surface area contributed by atoms with Gasteiger partial charge in [-0.2, -0.15) is 0 Å². The number of anilines is 1. The van der Waals surface area contributed by atoms with Gasteiger partial charge in [0.25, 0.3) is 5.91 Å². The average Bonchev–Trinajstić information content (AvgIpc) is 2.46. The molecule has 2 rings (SSSR count). The van der Waals surface area contributed by atoms with Gasteiger partial charge in [0.05, 0.1) is 12.3 Å². The van der Waals surface area contributed by atoms with E-state index < -0.39 is 6.10 Å². The number of likely N-dealkylation sites (N-methyl/N-ethyl adjacent to an activating group) is 1. The molecule has 5 nitrogen and oxygen atoms in total. The van der Waals surface area contributed by atoms with E-state index in [0.29, 0.717) is 35.9 Å². The second-order valence-corrected chi connectivity index (χ2v) is 4.68. The summed E-state index contributed by atoms with van der Waals surface area (Å²) < 4.78 is 11.3. The lowest BCUT2D eigenvalue weighted by molar-refractivity contribution is -0.125. The molecular weight excluding hydrogens is 258 g/mol. The van der Waals surface area contributed by atoms with Crippen molar-refractivity contribution in [3.63, 3.8) is 0 Å². The maximum atomic E-state index is 12.1. The van der Waals surface area contributed by atoms with Gasteiger partial charge in [-0.25, -0.2) is 0 Å². The lowest BCUT2D eigenvalue weighted by Crippen LogP contribution is -2.44. The van der Waals surface area contributed by atoms with E-state index in [4.69, 9.17) is 9.47 Å². The van der Waals surface area contributed by atoms with E-state index >= 15 is 0 Å². The molecular formula is C15H19NO4. The van der Waals surface area contributed by atoms with Gasteiger partial charge in [0.2, 0.25) is 0 Å². The zero-order chi connectivity index (χ0) is 14.7. The molecule has 1 aromatic rings. The van der Waals surface area contributed by atoms with Crippen LogP contribution in [-0.4, -0.2) is 31.4 Å². The van der Waals surface area contributed by atoms with Crippen LogP contribution in [0.15, 0.2) is 12.1 Å². The fraction of sp³-hybridized carbons (Fsp3) is 0.467. The zero-order valence-electron chi connectivity index (χ0n) is 12.0. The molecule has 1 aliphatic rings. The molecule has 1 heterocycles. The molecule has 1 aliphatic heterocycles. The molecule has 0 bridgehead atoms. The Kier molecular flexibility index (Phi) is 4.27. The van der Waals surface area contributed by atoms with E-state index in [0.717, 1.165) is 12.7 Å². The first kappa shape index (κ1) is 14.4. The number of amides is 1. The highest BCUT2D eigenvalue weighted by Gasteiger charge is 2.33. The Bertz CT molecular complexity index is 527. The van der Waals surface area contributed by atoms with Gasteiger partial charge in [-0.15, -0.1) is 0 Å². The Labute approximate surface area is 118 Å². The summed E-state index contributed by atoms with van der Waals surface area (Å²) >= 11 is 0. The molecule has 0 radical (unpaired) electrons. The highest BCUT2D eigenvalue weighted by atomic mass is 16.5. The number of carbonyl (C=O) groups is 2. The predicted molar refractivity (Wildman–Crippen MR) is 75.7 cm³/mol. The van der Waals surface area contributed by atoms with E-state index in [1.807, 2.05) is 13.8 Å². The number of ether oxygens (including phenoxy) is 2. The summed E-state index contributed by atoms with van der Waals surface area (Å²) in [5.74, 6) is 0.951. The standard InChI is InChI=1S/C15H19NO4/c1-4-6-19-13-8-11(9-17)7-12-14(13)20-10(3)15(18)16(12)5-2/h7-10H,4-6H2,1-3H3. The number of hydrogen-bond donors (Lipinski definition) is 0. The number of carbonyl (C=O) groups excluding carboxylic acids is 2. The van der Waals surface area contributed by atoms with Crippen LogP contribution in [0.5, 0.6) is 11.5 Å². The van der Waals surface area contributed by atoms with E-state index in [1.54, 1.807) is 24.0 Å². The van der Waals surface area contributed by atoms with Crippen LogP contribution in [0.3, 0.4) is 0 Å². The van der Waals surface area contributed by atoms with Crippen molar-refractivity contribution in [3.8, 4) is 11.5 Å². The molecule has 1 atom stereocenters. The Morgan fingerprint density at radius 3 is 2.75 bits per heavy atom. The lowest BCUT2D eigenvalue weighted by Gasteiger charge is -2.33. The third-order valence-electron chi connectivity index (χ3n) is 3.17. The van der Waals surface area contributed by atoms with Gasteiger partial charge in [0, 0.05) is 12.1 Å². The first-order valence-corrected chi connectivity index (χ1v) is 6.86. The first-order chi connectivity index (χ1) is 9.62. The number of rotatable bonds is 5. The number of fused-ring (bicyclic) bond motifs is 1. The SMILES string of the molecule is CCCOc1cc(C=O)cc2c1OC(C)C(=O)N2CC. The summed E-state index contributed by atoms with van der Waals surface area (Å²) in [7, 11) is 0. The summed E-state index contributed by atoms with van der Waals surface area (Å²) in [6, 6.07) is 3.31. The molecule has 1 aromatic carbocycles. The molecule has 0 saturated heterocycles. The van der Waals surface area contributed by atoms with E-state index in [1.165, 1.54) is 0 Å². The Balaban J connectivity index is 2.53. The minimum Gasteiger partial charge on any atom is -0.490 e. The summed E-state index contributed by atoms with van der Waals surface area (Å²) in [6.07, 6.45) is 1.05. The number of nitrogens with zero attached hydrogens (tertiary/aromatic N) is 1. The molecule has 0 aliphatic carbocycles. The lowest BCUT2D eigenvalue weighted by atomic mass is 10.1. The van der Waals surface area contributed by atoms with Gasteiger partial charge in [-0.3, -0.25) is 9.59 Å². The summed E-state index contributed by atoms with van der Waals surface area (Å²) in [4.78, 5) is 24.8. The van der Waals surface area contributed by atoms with Crippen LogP contribution >= 0.6 is 0 Å². The van der Waals surface area contributed by atoms with Crippen molar-refractivity contribution in [3.05, 3.63) is 17.7 Å². The van der Waals surface area contributed by atoms with E-state index in [2.05, 4.69) is 0 Å². The van der Waals surface area contributed by atoms with Crippen LogP contribution < -0.4 is 14.4 Å². The average molecular weight is 277 g/mol. The van der Waals surface area contributed by atoms with Crippen molar-refractivity contribution >= 4 is 17.9 Å². The normalized spacial score (nSPS) is 17.4. The van der Waals surface area contributed by atoms with Crippen LogP contribution in [0.1, 0.15) is 37.6 Å². The fourth-order valence-electron chi connectivity index (χ4n) is 2.21. The Hall–Kier alpha value is -2.04. The molecule has 1 amide bonds. The number of hydrogen-bond acceptors (Lipinski definition) is 4.